The third kappa shape index (κ3) is 3.02. The van der Waals surface area contributed by atoms with Crippen LogP contribution in [0.1, 0.15) is 19.4 Å². The van der Waals surface area contributed by atoms with E-state index in [9.17, 15) is 13.6 Å². The van der Waals surface area contributed by atoms with Gasteiger partial charge in [-0.05, 0) is 25.5 Å². The van der Waals surface area contributed by atoms with Crippen molar-refractivity contribution in [1.29, 1.82) is 0 Å². The number of hydrogen-bond acceptors (Lipinski definition) is 1. The van der Waals surface area contributed by atoms with Crippen LogP contribution in [-0.4, -0.2) is 23.9 Å². The number of likely N-dealkylation sites (N-methyl/N-ethyl adjacent to an activating group) is 1. The van der Waals surface area contributed by atoms with E-state index in [4.69, 9.17) is 0 Å². The second-order valence-electron chi connectivity index (χ2n) is 4.01. The van der Waals surface area contributed by atoms with Gasteiger partial charge in [0, 0.05) is 19.2 Å². The SMILES string of the molecule is CC(C)N(C)C(=O)Cc1ccc(F)cc1F. The van der Waals surface area contributed by atoms with Gasteiger partial charge in [0.1, 0.15) is 11.6 Å². The van der Waals surface area contributed by atoms with Crippen molar-refractivity contribution >= 4 is 5.91 Å². The fourth-order valence-electron chi connectivity index (χ4n) is 1.24. The summed E-state index contributed by atoms with van der Waals surface area (Å²) in [5.74, 6) is -1.49. The van der Waals surface area contributed by atoms with Crippen molar-refractivity contribution < 1.29 is 13.6 Å². The van der Waals surface area contributed by atoms with Crippen LogP contribution >= 0.6 is 0 Å². The number of carbonyl (C=O) groups is 1. The molecule has 1 rings (SSSR count). The zero-order valence-corrected chi connectivity index (χ0v) is 9.63. The quantitative estimate of drug-likeness (QED) is 0.776. The number of carbonyl (C=O) groups excluding carboxylic acids is 1. The zero-order valence-electron chi connectivity index (χ0n) is 9.63. The van der Waals surface area contributed by atoms with Crippen LogP contribution in [-0.2, 0) is 11.2 Å². The van der Waals surface area contributed by atoms with E-state index in [1.165, 1.54) is 11.0 Å². The highest BCUT2D eigenvalue weighted by atomic mass is 19.1. The summed E-state index contributed by atoms with van der Waals surface area (Å²) in [5.41, 5.74) is 0.221. The molecule has 1 aromatic rings. The van der Waals surface area contributed by atoms with Crippen LogP contribution in [0, 0.1) is 11.6 Å². The Balaban J connectivity index is 2.77. The Morgan fingerprint density at radius 3 is 2.50 bits per heavy atom. The number of nitrogens with zero attached hydrogens (tertiary/aromatic N) is 1. The summed E-state index contributed by atoms with van der Waals surface area (Å²) in [6.07, 6.45) is -0.0409. The lowest BCUT2D eigenvalue weighted by Crippen LogP contribution is -2.34. The lowest BCUT2D eigenvalue weighted by atomic mass is 10.1. The Kier molecular flexibility index (Phi) is 3.99. The van der Waals surface area contributed by atoms with Gasteiger partial charge in [0.25, 0.3) is 0 Å². The largest absolute Gasteiger partial charge is 0.343 e. The molecule has 0 aromatic heterocycles. The fraction of sp³-hybridized carbons (Fsp3) is 0.417. The van der Waals surface area contributed by atoms with Gasteiger partial charge < -0.3 is 4.90 Å². The number of hydrogen-bond donors (Lipinski definition) is 0. The maximum atomic E-state index is 13.3. The summed E-state index contributed by atoms with van der Waals surface area (Å²) in [6.45, 7) is 3.75. The average molecular weight is 227 g/mol. The van der Waals surface area contributed by atoms with E-state index in [0.717, 1.165) is 12.1 Å². The first-order valence-electron chi connectivity index (χ1n) is 5.11. The molecule has 0 aliphatic heterocycles. The van der Waals surface area contributed by atoms with Crippen molar-refractivity contribution in [2.45, 2.75) is 26.3 Å². The number of halogens is 2. The molecule has 0 fully saturated rings. The minimum Gasteiger partial charge on any atom is -0.343 e. The summed E-state index contributed by atoms with van der Waals surface area (Å²) in [6, 6.07) is 3.31. The van der Waals surface area contributed by atoms with Crippen molar-refractivity contribution in [3.8, 4) is 0 Å². The molecule has 0 radical (unpaired) electrons. The van der Waals surface area contributed by atoms with Crippen LogP contribution in [0.4, 0.5) is 8.78 Å². The number of rotatable bonds is 3. The van der Waals surface area contributed by atoms with Gasteiger partial charge in [-0.15, -0.1) is 0 Å². The van der Waals surface area contributed by atoms with Gasteiger partial charge >= 0.3 is 0 Å². The molecule has 0 unspecified atom stereocenters. The molecule has 0 aliphatic carbocycles. The molecule has 0 saturated carbocycles. The number of amides is 1. The molecule has 2 nitrogen and oxygen atoms in total. The normalized spacial score (nSPS) is 10.6. The molecule has 1 aromatic carbocycles. The predicted molar refractivity (Wildman–Crippen MR) is 58.0 cm³/mol. The van der Waals surface area contributed by atoms with Crippen molar-refractivity contribution in [2.24, 2.45) is 0 Å². The van der Waals surface area contributed by atoms with Crippen molar-refractivity contribution in [3.63, 3.8) is 0 Å². The van der Waals surface area contributed by atoms with Gasteiger partial charge in [0.05, 0.1) is 6.42 Å². The van der Waals surface area contributed by atoms with Crippen LogP contribution in [0.5, 0.6) is 0 Å². The molecule has 0 spiro atoms. The Labute approximate surface area is 93.9 Å². The number of benzene rings is 1. The summed E-state index contributed by atoms with van der Waals surface area (Å²) in [5, 5.41) is 0. The van der Waals surface area contributed by atoms with E-state index < -0.39 is 11.6 Å². The molecule has 4 heteroatoms. The molecule has 0 saturated heterocycles. The van der Waals surface area contributed by atoms with E-state index >= 15 is 0 Å². The summed E-state index contributed by atoms with van der Waals surface area (Å²) >= 11 is 0. The summed E-state index contributed by atoms with van der Waals surface area (Å²) in [7, 11) is 1.66. The van der Waals surface area contributed by atoms with Crippen LogP contribution in [0.3, 0.4) is 0 Å². The van der Waals surface area contributed by atoms with Crippen LogP contribution in [0.15, 0.2) is 18.2 Å². The molecule has 0 aliphatic rings. The standard InChI is InChI=1S/C12H15F2NO/c1-8(2)15(3)12(16)6-9-4-5-10(13)7-11(9)14/h4-5,7-8H,6H2,1-3H3. The monoisotopic (exact) mass is 227 g/mol. The van der Waals surface area contributed by atoms with Gasteiger partial charge in [0.15, 0.2) is 0 Å². The lowest BCUT2D eigenvalue weighted by Gasteiger charge is -2.21. The summed E-state index contributed by atoms with van der Waals surface area (Å²) in [4.78, 5) is 13.2. The van der Waals surface area contributed by atoms with Crippen molar-refractivity contribution in [1.82, 2.24) is 4.90 Å². The highest BCUT2D eigenvalue weighted by Crippen LogP contribution is 2.11. The average Bonchev–Trinajstić information content (AvgIpc) is 2.20. The molecule has 88 valence electrons. The minimum atomic E-state index is -0.675. The van der Waals surface area contributed by atoms with Gasteiger partial charge in [-0.3, -0.25) is 4.79 Å². The summed E-state index contributed by atoms with van der Waals surface area (Å²) < 4.78 is 25.9. The molecular formula is C12H15F2NO. The van der Waals surface area contributed by atoms with Crippen molar-refractivity contribution in [2.75, 3.05) is 7.05 Å². The fourth-order valence-corrected chi connectivity index (χ4v) is 1.24. The highest BCUT2D eigenvalue weighted by molar-refractivity contribution is 5.78. The van der Waals surface area contributed by atoms with Crippen LogP contribution in [0.25, 0.3) is 0 Å². The van der Waals surface area contributed by atoms with E-state index in [2.05, 4.69) is 0 Å². The second-order valence-corrected chi connectivity index (χ2v) is 4.01. The smallest absolute Gasteiger partial charge is 0.227 e. The van der Waals surface area contributed by atoms with E-state index in [0.29, 0.717) is 0 Å². The first kappa shape index (κ1) is 12.6. The molecule has 0 heterocycles. The van der Waals surface area contributed by atoms with Gasteiger partial charge in [-0.2, -0.15) is 0 Å². The van der Waals surface area contributed by atoms with Gasteiger partial charge in [0.2, 0.25) is 5.91 Å². The van der Waals surface area contributed by atoms with E-state index in [1.807, 2.05) is 13.8 Å². The molecule has 1 amide bonds. The maximum absolute atomic E-state index is 13.3. The Bertz CT molecular complexity index is 391. The molecular weight excluding hydrogens is 212 g/mol. The van der Waals surface area contributed by atoms with Crippen molar-refractivity contribution in [3.05, 3.63) is 35.4 Å². The molecule has 0 bridgehead atoms. The van der Waals surface area contributed by atoms with Crippen LogP contribution in [0.2, 0.25) is 0 Å². The molecule has 0 N–H and O–H groups in total. The van der Waals surface area contributed by atoms with Crippen LogP contribution < -0.4 is 0 Å². The molecule has 16 heavy (non-hydrogen) atoms. The Morgan fingerprint density at radius 2 is 2.00 bits per heavy atom. The Hall–Kier alpha value is -1.45. The Morgan fingerprint density at radius 1 is 1.38 bits per heavy atom. The third-order valence-electron chi connectivity index (χ3n) is 2.52. The van der Waals surface area contributed by atoms with Gasteiger partial charge in [-0.25, -0.2) is 8.78 Å². The third-order valence-corrected chi connectivity index (χ3v) is 2.52. The second kappa shape index (κ2) is 5.05. The minimum absolute atomic E-state index is 0.0409. The maximum Gasteiger partial charge on any atom is 0.227 e. The first-order chi connectivity index (χ1) is 7.41. The first-order valence-corrected chi connectivity index (χ1v) is 5.11. The lowest BCUT2D eigenvalue weighted by molar-refractivity contribution is -0.130. The predicted octanol–water partition coefficient (Wildman–Crippen LogP) is 2.37. The van der Waals surface area contributed by atoms with Gasteiger partial charge in [-0.1, -0.05) is 6.07 Å². The van der Waals surface area contributed by atoms with E-state index in [1.54, 1.807) is 7.05 Å². The van der Waals surface area contributed by atoms with E-state index in [-0.39, 0.29) is 23.9 Å². The topological polar surface area (TPSA) is 20.3 Å². The molecule has 0 atom stereocenters. The highest BCUT2D eigenvalue weighted by Gasteiger charge is 2.14. The zero-order chi connectivity index (χ0) is 12.3.